The van der Waals surface area contributed by atoms with Crippen LogP contribution in [-0.4, -0.2) is 32.2 Å². The van der Waals surface area contributed by atoms with Gasteiger partial charge in [-0.25, -0.2) is 4.79 Å². The number of carbonyl (C=O) groups is 2. The molecule has 1 rings (SSSR count). The number of hydrogen-bond donors (Lipinski definition) is 1. The molecule has 1 aromatic rings. The molecular weight excluding hydrogens is 282 g/mol. The van der Waals surface area contributed by atoms with Crippen molar-refractivity contribution in [1.82, 2.24) is 5.32 Å². The number of carbonyl (C=O) groups excluding carboxylic acids is 2. The summed E-state index contributed by atoms with van der Waals surface area (Å²) in [6.45, 7) is 1.99. The van der Waals surface area contributed by atoms with Crippen molar-refractivity contribution in [2.24, 2.45) is 0 Å². The fourth-order valence-electron chi connectivity index (χ4n) is 1.40. The Balaban J connectivity index is 2.93. The summed E-state index contributed by atoms with van der Waals surface area (Å²) in [5.74, 6) is -0.959. The Hall–Kier alpha value is -1.85. The molecule has 0 amide bonds. The van der Waals surface area contributed by atoms with Crippen molar-refractivity contribution in [3.8, 4) is 0 Å². The summed E-state index contributed by atoms with van der Waals surface area (Å²) >= 11 is 5.82. The molecule has 1 aromatic carbocycles. The molecule has 0 saturated heterocycles. The molecule has 0 fully saturated rings. The number of methoxy groups -OCH3 is 1. The van der Waals surface area contributed by atoms with Gasteiger partial charge in [0.15, 0.2) is 5.78 Å². The van der Waals surface area contributed by atoms with E-state index in [0.717, 1.165) is 0 Å². The molecule has 0 aliphatic heterocycles. The largest absolute Gasteiger partial charge is 0.461 e. The van der Waals surface area contributed by atoms with Crippen LogP contribution in [0.4, 0.5) is 0 Å². The van der Waals surface area contributed by atoms with Crippen LogP contribution in [0.25, 0.3) is 0 Å². The van der Waals surface area contributed by atoms with Gasteiger partial charge in [0.1, 0.15) is 12.4 Å². The predicted molar refractivity (Wildman–Crippen MR) is 75.5 cm³/mol. The molecule has 0 radical (unpaired) electrons. The Morgan fingerprint density at radius 1 is 1.40 bits per heavy atom. The Morgan fingerprint density at radius 2 is 2.15 bits per heavy atom. The highest BCUT2D eigenvalue weighted by atomic mass is 35.5. The monoisotopic (exact) mass is 297 g/mol. The van der Waals surface area contributed by atoms with Crippen molar-refractivity contribution in [1.29, 1.82) is 0 Å². The maximum absolute atomic E-state index is 12.1. The van der Waals surface area contributed by atoms with Gasteiger partial charge in [0.2, 0.25) is 0 Å². The normalized spacial score (nSPS) is 11.1. The number of rotatable bonds is 7. The van der Waals surface area contributed by atoms with E-state index < -0.39 is 5.97 Å². The fourth-order valence-corrected chi connectivity index (χ4v) is 1.59. The minimum Gasteiger partial charge on any atom is -0.461 e. The maximum Gasteiger partial charge on any atom is 0.354 e. The number of benzene rings is 1. The predicted octanol–water partition coefficient (Wildman–Crippen LogP) is 2.16. The summed E-state index contributed by atoms with van der Waals surface area (Å²) in [6, 6.07) is 6.47. The molecule has 6 heteroatoms. The molecule has 0 aliphatic rings. The number of hydrogen-bond acceptors (Lipinski definition) is 5. The highest BCUT2D eigenvalue weighted by molar-refractivity contribution is 6.31. The second kappa shape index (κ2) is 8.35. The van der Waals surface area contributed by atoms with Crippen LogP contribution >= 0.6 is 11.6 Å². The first kappa shape index (κ1) is 16.2. The quantitative estimate of drug-likeness (QED) is 0.362. The number of halogens is 1. The van der Waals surface area contributed by atoms with E-state index >= 15 is 0 Å². The molecular formula is C14H16ClNO4. The van der Waals surface area contributed by atoms with E-state index in [0.29, 0.717) is 10.6 Å². The van der Waals surface area contributed by atoms with Crippen molar-refractivity contribution in [3.05, 3.63) is 46.6 Å². The van der Waals surface area contributed by atoms with Gasteiger partial charge in [-0.2, -0.15) is 0 Å². The first-order chi connectivity index (χ1) is 9.58. The summed E-state index contributed by atoms with van der Waals surface area (Å²) in [7, 11) is 1.47. The summed E-state index contributed by atoms with van der Waals surface area (Å²) in [6.07, 6.45) is 1.17. The van der Waals surface area contributed by atoms with Crippen LogP contribution in [0.15, 0.2) is 36.0 Å². The van der Waals surface area contributed by atoms with Crippen molar-refractivity contribution in [3.63, 3.8) is 0 Å². The molecule has 0 atom stereocenters. The third kappa shape index (κ3) is 5.03. The van der Waals surface area contributed by atoms with Crippen LogP contribution in [0.5, 0.6) is 0 Å². The van der Waals surface area contributed by atoms with Gasteiger partial charge in [0.05, 0.1) is 6.61 Å². The average Bonchev–Trinajstić information content (AvgIpc) is 2.43. The molecule has 0 unspecified atom stereocenters. The van der Waals surface area contributed by atoms with Crippen molar-refractivity contribution in [2.75, 3.05) is 20.4 Å². The second-order valence-electron chi connectivity index (χ2n) is 3.76. The molecule has 20 heavy (non-hydrogen) atoms. The van der Waals surface area contributed by atoms with Gasteiger partial charge >= 0.3 is 5.97 Å². The molecule has 0 saturated carbocycles. The third-order valence-corrected chi connectivity index (χ3v) is 2.52. The van der Waals surface area contributed by atoms with Crippen LogP contribution in [0.3, 0.4) is 0 Å². The standard InChI is InChI=1S/C14H16ClNO4/c1-3-20-14(18)12(16-9-19-2)8-13(17)10-5-4-6-11(15)7-10/h4-8,16H,3,9H2,1-2H3. The van der Waals surface area contributed by atoms with E-state index in [2.05, 4.69) is 5.32 Å². The zero-order valence-corrected chi connectivity index (χ0v) is 12.1. The molecule has 0 spiro atoms. The van der Waals surface area contributed by atoms with E-state index in [9.17, 15) is 9.59 Å². The van der Waals surface area contributed by atoms with E-state index in [-0.39, 0.29) is 24.8 Å². The Labute approximate surface area is 122 Å². The van der Waals surface area contributed by atoms with Crippen molar-refractivity contribution < 1.29 is 19.1 Å². The number of ketones is 1. The summed E-state index contributed by atoms with van der Waals surface area (Å²) in [4.78, 5) is 23.8. The molecule has 108 valence electrons. The van der Waals surface area contributed by atoms with Gasteiger partial charge in [0.25, 0.3) is 0 Å². The molecule has 0 heterocycles. The smallest absolute Gasteiger partial charge is 0.354 e. The first-order valence-electron chi connectivity index (χ1n) is 6.00. The van der Waals surface area contributed by atoms with Crippen molar-refractivity contribution in [2.45, 2.75) is 6.92 Å². The van der Waals surface area contributed by atoms with E-state index in [1.165, 1.54) is 19.3 Å². The SMILES string of the molecule is CCOC(=O)C(=CC(=O)c1cccc(Cl)c1)NCOC. The van der Waals surface area contributed by atoms with Crippen molar-refractivity contribution >= 4 is 23.4 Å². The van der Waals surface area contributed by atoms with E-state index in [1.54, 1.807) is 25.1 Å². The van der Waals surface area contributed by atoms with E-state index in [1.807, 2.05) is 0 Å². The lowest BCUT2D eigenvalue weighted by Crippen LogP contribution is -2.25. The lowest BCUT2D eigenvalue weighted by atomic mass is 10.1. The zero-order chi connectivity index (χ0) is 15.0. The highest BCUT2D eigenvalue weighted by Crippen LogP contribution is 2.12. The van der Waals surface area contributed by atoms with Crippen LogP contribution in [0.2, 0.25) is 5.02 Å². The third-order valence-electron chi connectivity index (χ3n) is 2.29. The molecule has 0 aromatic heterocycles. The highest BCUT2D eigenvalue weighted by Gasteiger charge is 2.13. The van der Waals surface area contributed by atoms with Gasteiger partial charge in [0, 0.05) is 23.8 Å². The van der Waals surface area contributed by atoms with E-state index in [4.69, 9.17) is 21.1 Å². The summed E-state index contributed by atoms with van der Waals surface area (Å²) in [5.41, 5.74) is 0.428. The van der Waals surface area contributed by atoms with Crippen LogP contribution in [0, 0.1) is 0 Å². The Kier molecular flexibility index (Phi) is 6.76. The topological polar surface area (TPSA) is 64.6 Å². The maximum atomic E-state index is 12.1. The number of nitrogens with one attached hydrogen (secondary N) is 1. The number of esters is 1. The zero-order valence-electron chi connectivity index (χ0n) is 11.3. The van der Waals surface area contributed by atoms with Gasteiger partial charge < -0.3 is 14.8 Å². The first-order valence-corrected chi connectivity index (χ1v) is 6.37. The van der Waals surface area contributed by atoms with Gasteiger partial charge in [-0.3, -0.25) is 4.79 Å². The lowest BCUT2D eigenvalue weighted by molar-refractivity contribution is -0.139. The number of allylic oxidation sites excluding steroid dienone is 1. The Bertz CT molecular complexity index is 514. The minimum absolute atomic E-state index is 0.0404. The molecule has 5 nitrogen and oxygen atoms in total. The van der Waals surface area contributed by atoms with Crippen LogP contribution < -0.4 is 5.32 Å². The molecule has 0 aliphatic carbocycles. The lowest BCUT2D eigenvalue weighted by Gasteiger charge is -2.09. The Morgan fingerprint density at radius 3 is 2.75 bits per heavy atom. The van der Waals surface area contributed by atoms with Gasteiger partial charge in [-0.15, -0.1) is 0 Å². The van der Waals surface area contributed by atoms with Crippen LogP contribution in [-0.2, 0) is 14.3 Å². The van der Waals surface area contributed by atoms with Gasteiger partial charge in [-0.1, -0.05) is 23.7 Å². The van der Waals surface area contributed by atoms with Crippen LogP contribution in [0.1, 0.15) is 17.3 Å². The van der Waals surface area contributed by atoms with Gasteiger partial charge in [-0.05, 0) is 19.1 Å². The second-order valence-corrected chi connectivity index (χ2v) is 4.20. The number of ether oxygens (including phenoxy) is 2. The average molecular weight is 298 g/mol. The summed E-state index contributed by atoms with van der Waals surface area (Å²) < 4.78 is 9.67. The summed E-state index contributed by atoms with van der Waals surface area (Å²) in [5, 5.41) is 3.13. The fraction of sp³-hybridized carbons (Fsp3) is 0.286. The minimum atomic E-state index is -0.611. The molecule has 1 N–H and O–H groups in total. The molecule has 0 bridgehead atoms.